The fourth-order valence-electron chi connectivity index (χ4n) is 3.48. The predicted molar refractivity (Wildman–Crippen MR) is 135 cm³/mol. The van der Waals surface area contributed by atoms with Gasteiger partial charge in [-0.2, -0.15) is 0 Å². The number of unbranched alkanes of at least 4 members (excludes halogenated alkanes) is 1. The summed E-state index contributed by atoms with van der Waals surface area (Å²) in [5, 5.41) is 6.69. The molecule has 4 rings (SSSR count). The average molecular weight is 500 g/mol. The van der Waals surface area contributed by atoms with Crippen LogP contribution in [0.15, 0.2) is 66.7 Å². The number of ether oxygens (including phenoxy) is 2. The van der Waals surface area contributed by atoms with Gasteiger partial charge in [-0.25, -0.2) is 4.79 Å². The van der Waals surface area contributed by atoms with Gasteiger partial charge in [0.15, 0.2) is 6.61 Å². The molecule has 0 radical (unpaired) electrons. The molecule has 0 fully saturated rings. The molecule has 3 aromatic carbocycles. The lowest BCUT2D eigenvalue weighted by atomic mass is 10.2. The number of carbonyl (C=O) groups excluding carboxylic acids is 2. The lowest BCUT2D eigenvalue weighted by molar-refractivity contribution is -0.121. The second-order valence-electron chi connectivity index (χ2n) is 7.62. The molecule has 1 aliphatic heterocycles. The van der Waals surface area contributed by atoms with E-state index in [4.69, 9.17) is 32.7 Å². The van der Waals surface area contributed by atoms with Crippen molar-refractivity contribution in [3.8, 4) is 11.5 Å². The number of halogens is 2. The Bertz CT molecular complexity index is 1170. The van der Waals surface area contributed by atoms with E-state index in [1.807, 2.05) is 12.1 Å². The summed E-state index contributed by atoms with van der Waals surface area (Å²) in [5.41, 5.74) is 1.73. The fraction of sp³-hybridized carbons (Fsp3) is 0.200. The Labute approximate surface area is 207 Å². The monoisotopic (exact) mass is 499 g/mol. The van der Waals surface area contributed by atoms with Crippen LogP contribution in [0.5, 0.6) is 11.5 Å². The minimum atomic E-state index is -0.420. The number of nitrogens with one attached hydrogen (secondary N) is 2. The van der Waals surface area contributed by atoms with E-state index in [-0.39, 0.29) is 12.5 Å². The standard InChI is InChI=1S/C25H23Cl2N3O4/c26-17-6-9-21(10-7-17)33-13-2-1-12-30-22-15-20(8-11-23(22)34-16-24(30)31)29-25(32)28-19-5-3-4-18(27)14-19/h3-11,14-15H,1-2,12-13,16H2,(H2,28,29,32). The molecule has 34 heavy (non-hydrogen) atoms. The first-order valence-electron chi connectivity index (χ1n) is 10.8. The first-order valence-corrected chi connectivity index (χ1v) is 11.5. The van der Waals surface area contributed by atoms with Gasteiger partial charge in [0, 0.05) is 28.0 Å². The Morgan fingerprint density at radius 3 is 2.47 bits per heavy atom. The molecule has 176 valence electrons. The van der Waals surface area contributed by atoms with Crippen LogP contribution in [0, 0.1) is 0 Å². The van der Waals surface area contributed by atoms with E-state index in [0.29, 0.717) is 46.0 Å². The third-order valence-corrected chi connectivity index (χ3v) is 5.59. The lowest BCUT2D eigenvalue weighted by Crippen LogP contribution is -2.39. The number of nitrogens with zero attached hydrogens (tertiary/aromatic N) is 1. The summed E-state index contributed by atoms with van der Waals surface area (Å²) < 4.78 is 11.3. The van der Waals surface area contributed by atoms with E-state index in [0.717, 1.165) is 18.6 Å². The summed E-state index contributed by atoms with van der Waals surface area (Å²) in [6, 6.07) is 18.8. The Kier molecular flexibility index (Phi) is 7.77. The normalized spacial score (nSPS) is 12.5. The molecule has 0 aliphatic carbocycles. The molecule has 0 saturated carbocycles. The third kappa shape index (κ3) is 6.34. The van der Waals surface area contributed by atoms with Gasteiger partial charge in [-0.1, -0.05) is 29.3 Å². The number of fused-ring (bicyclic) bond motifs is 1. The zero-order valence-electron chi connectivity index (χ0n) is 18.2. The van der Waals surface area contributed by atoms with E-state index in [2.05, 4.69) is 10.6 Å². The number of rotatable bonds is 8. The first kappa shape index (κ1) is 23.7. The van der Waals surface area contributed by atoms with Crippen molar-refractivity contribution in [2.45, 2.75) is 12.8 Å². The average Bonchev–Trinajstić information content (AvgIpc) is 2.81. The van der Waals surface area contributed by atoms with Gasteiger partial charge in [0.05, 0.1) is 12.3 Å². The number of hydrogen-bond acceptors (Lipinski definition) is 4. The molecule has 0 atom stereocenters. The van der Waals surface area contributed by atoms with Crippen LogP contribution in [-0.4, -0.2) is 31.7 Å². The molecule has 0 aromatic heterocycles. The summed E-state index contributed by atoms with van der Waals surface area (Å²) in [6.45, 7) is 1.02. The van der Waals surface area contributed by atoms with Crippen LogP contribution in [0.3, 0.4) is 0 Å². The van der Waals surface area contributed by atoms with Crippen molar-refractivity contribution in [2.24, 2.45) is 0 Å². The second-order valence-corrected chi connectivity index (χ2v) is 8.49. The molecule has 1 aliphatic rings. The second kappa shape index (κ2) is 11.1. The van der Waals surface area contributed by atoms with Crippen molar-refractivity contribution in [3.05, 3.63) is 76.8 Å². The van der Waals surface area contributed by atoms with Crippen LogP contribution in [0.1, 0.15) is 12.8 Å². The van der Waals surface area contributed by atoms with E-state index in [1.165, 1.54) is 0 Å². The topological polar surface area (TPSA) is 79.9 Å². The minimum absolute atomic E-state index is 0.0176. The maximum atomic E-state index is 12.5. The van der Waals surface area contributed by atoms with E-state index in [9.17, 15) is 9.59 Å². The van der Waals surface area contributed by atoms with E-state index < -0.39 is 6.03 Å². The van der Waals surface area contributed by atoms with Gasteiger partial charge in [0.25, 0.3) is 5.91 Å². The van der Waals surface area contributed by atoms with Gasteiger partial charge in [-0.3, -0.25) is 4.79 Å². The molecule has 7 nitrogen and oxygen atoms in total. The van der Waals surface area contributed by atoms with E-state index >= 15 is 0 Å². The van der Waals surface area contributed by atoms with Crippen molar-refractivity contribution in [2.75, 3.05) is 35.3 Å². The maximum Gasteiger partial charge on any atom is 0.323 e. The summed E-state index contributed by atoms with van der Waals surface area (Å²) >= 11 is 11.8. The molecule has 0 spiro atoms. The van der Waals surface area contributed by atoms with Gasteiger partial charge >= 0.3 is 6.03 Å². The number of carbonyl (C=O) groups is 2. The SMILES string of the molecule is O=C(Nc1cccc(Cl)c1)Nc1ccc2c(c1)N(CCCCOc1ccc(Cl)cc1)C(=O)CO2. The van der Waals surface area contributed by atoms with Gasteiger partial charge in [-0.05, 0) is 73.5 Å². The maximum absolute atomic E-state index is 12.5. The molecule has 2 N–H and O–H groups in total. The zero-order valence-corrected chi connectivity index (χ0v) is 19.7. The van der Waals surface area contributed by atoms with Crippen molar-refractivity contribution >= 4 is 52.2 Å². The number of benzene rings is 3. The Morgan fingerprint density at radius 1 is 0.941 bits per heavy atom. The van der Waals surface area contributed by atoms with Crippen molar-refractivity contribution in [1.82, 2.24) is 0 Å². The van der Waals surface area contributed by atoms with Gasteiger partial charge < -0.3 is 25.0 Å². The van der Waals surface area contributed by atoms with Crippen LogP contribution >= 0.6 is 23.2 Å². The summed E-state index contributed by atoms with van der Waals surface area (Å²) in [4.78, 5) is 26.6. The molecule has 3 amide bonds. The van der Waals surface area contributed by atoms with Crippen LogP contribution in [0.4, 0.5) is 21.9 Å². The predicted octanol–water partition coefficient (Wildman–Crippen LogP) is 6.22. The molecule has 9 heteroatoms. The summed E-state index contributed by atoms with van der Waals surface area (Å²) in [6.07, 6.45) is 1.51. The largest absolute Gasteiger partial charge is 0.494 e. The van der Waals surface area contributed by atoms with Gasteiger partial charge in [0.1, 0.15) is 11.5 Å². The van der Waals surface area contributed by atoms with Crippen molar-refractivity contribution < 1.29 is 19.1 Å². The van der Waals surface area contributed by atoms with Crippen LogP contribution in [-0.2, 0) is 4.79 Å². The molecule has 3 aromatic rings. The van der Waals surface area contributed by atoms with Gasteiger partial charge in [-0.15, -0.1) is 0 Å². The third-order valence-electron chi connectivity index (χ3n) is 5.10. The molecule has 0 unspecified atom stereocenters. The quantitative estimate of drug-likeness (QED) is 0.360. The smallest absolute Gasteiger partial charge is 0.323 e. The minimum Gasteiger partial charge on any atom is -0.494 e. The zero-order chi connectivity index (χ0) is 23.9. The summed E-state index contributed by atoms with van der Waals surface area (Å²) in [7, 11) is 0. The Balaban J connectivity index is 1.34. The Hall–Kier alpha value is -3.42. The Morgan fingerprint density at radius 2 is 1.71 bits per heavy atom. The van der Waals surface area contributed by atoms with Crippen LogP contribution in [0.2, 0.25) is 10.0 Å². The summed E-state index contributed by atoms with van der Waals surface area (Å²) in [5.74, 6) is 1.22. The highest BCUT2D eigenvalue weighted by molar-refractivity contribution is 6.31. The molecule has 1 heterocycles. The number of urea groups is 1. The van der Waals surface area contributed by atoms with Crippen molar-refractivity contribution in [3.63, 3.8) is 0 Å². The molecule has 0 saturated heterocycles. The molecule has 0 bridgehead atoms. The van der Waals surface area contributed by atoms with Crippen molar-refractivity contribution in [1.29, 1.82) is 0 Å². The van der Waals surface area contributed by atoms with Crippen LogP contribution in [0.25, 0.3) is 0 Å². The first-order chi connectivity index (χ1) is 16.5. The number of anilines is 3. The number of amides is 3. The number of hydrogen-bond donors (Lipinski definition) is 2. The molecular formula is C25H23Cl2N3O4. The van der Waals surface area contributed by atoms with Crippen LogP contribution < -0.4 is 25.0 Å². The highest BCUT2D eigenvalue weighted by Crippen LogP contribution is 2.35. The van der Waals surface area contributed by atoms with Gasteiger partial charge in [0.2, 0.25) is 0 Å². The molecular weight excluding hydrogens is 477 g/mol. The highest BCUT2D eigenvalue weighted by Gasteiger charge is 2.25. The highest BCUT2D eigenvalue weighted by atomic mass is 35.5. The lowest BCUT2D eigenvalue weighted by Gasteiger charge is -2.30. The fourth-order valence-corrected chi connectivity index (χ4v) is 3.79. The van der Waals surface area contributed by atoms with E-state index in [1.54, 1.807) is 59.5 Å².